The van der Waals surface area contributed by atoms with Gasteiger partial charge in [-0.25, -0.2) is 4.79 Å². The average Bonchev–Trinajstić information content (AvgIpc) is 3.00. The second kappa shape index (κ2) is 7.34. The first kappa shape index (κ1) is 19.7. The molecule has 1 amide bonds. The van der Waals surface area contributed by atoms with Gasteiger partial charge in [0.1, 0.15) is 5.60 Å². The molecule has 3 aliphatic rings. The Bertz CT molecular complexity index is 719. The molecule has 5 heteroatoms. The topological polar surface area (TPSA) is 53.0 Å². The standard InChI is InChI=1S/C23H34N2O3/c1-22(2,3)28-21(27)25-13-9-19(20(26)16-25)24-14-11-23(12-15-24)10-8-17-6-4-5-7-18(17)23/h4-7,19-20,26H,8-16H2,1-3H3. The summed E-state index contributed by atoms with van der Waals surface area (Å²) in [6, 6.07) is 9.09. The normalized spacial score (nSPS) is 27.6. The van der Waals surface area contributed by atoms with E-state index in [1.165, 1.54) is 31.2 Å². The van der Waals surface area contributed by atoms with Crippen molar-refractivity contribution in [3.05, 3.63) is 35.4 Å². The molecule has 1 aromatic rings. The maximum absolute atomic E-state index is 12.3. The van der Waals surface area contributed by atoms with Crippen LogP contribution in [0, 0.1) is 0 Å². The van der Waals surface area contributed by atoms with E-state index < -0.39 is 11.7 Å². The predicted octanol–water partition coefficient (Wildman–Crippen LogP) is 3.34. The number of hydrogen-bond donors (Lipinski definition) is 1. The van der Waals surface area contributed by atoms with Gasteiger partial charge in [-0.15, -0.1) is 0 Å². The molecular weight excluding hydrogens is 352 g/mol. The molecule has 0 aromatic heterocycles. The largest absolute Gasteiger partial charge is 0.444 e. The van der Waals surface area contributed by atoms with Gasteiger partial charge in [0.2, 0.25) is 0 Å². The minimum absolute atomic E-state index is 0.146. The van der Waals surface area contributed by atoms with Gasteiger partial charge in [-0.2, -0.15) is 0 Å². The van der Waals surface area contributed by atoms with Crippen LogP contribution in [-0.4, -0.2) is 64.9 Å². The summed E-state index contributed by atoms with van der Waals surface area (Å²) in [7, 11) is 0. The second-order valence-corrected chi connectivity index (χ2v) is 9.82. The van der Waals surface area contributed by atoms with E-state index in [-0.39, 0.29) is 12.1 Å². The van der Waals surface area contributed by atoms with E-state index >= 15 is 0 Å². The summed E-state index contributed by atoms with van der Waals surface area (Å²) < 4.78 is 5.47. The number of aliphatic hydroxyl groups is 1. The first-order valence-electron chi connectivity index (χ1n) is 10.8. The number of rotatable bonds is 1. The number of carbonyl (C=O) groups excluding carboxylic acids is 1. The van der Waals surface area contributed by atoms with E-state index in [1.807, 2.05) is 20.8 Å². The Morgan fingerprint density at radius 2 is 1.86 bits per heavy atom. The number of likely N-dealkylation sites (tertiary alicyclic amines) is 2. The summed E-state index contributed by atoms with van der Waals surface area (Å²) in [5.41, 5.74) is 2.93. The highest BCUT2D eigenvalue weighted by atomic mass is 16.6. The molecule has 2 saturated heterocycles. The Labute approximate surface area is 168 Å². The zero-order chi connectivity index (χ0) is 19.9. The summed E-state index contributed by atoms with van der Waals surface area (Å²) in [5.74, 6) is 0. The highest BCUT2D eigenvalue weighted by Crippen LogP contribution is 2.46. The molecule has 0 bridgehead atoms. The lowest BCUT2D eigenvalue weighted by Crippen LogP contribution is -2.58. The predicted molar refractivity (Wildman–Crippen MR) is 109 cm³/mol. The highest BCUT2D eigenvalue weighted by molar-refractivity contribution is 5.68. The van der Waals surface area contributed by atoms with Gasteiger partial charge in [0, 0.05) is 12.6 Å². The van der Waals surface area contributed by atoms with Crippen molar-refractivity contribution in [3.63, 3.8) is 0 Å². The summed E-state index contributed by atoms with van der Waals surface area (Å²) in [4.78, 5) is 16.4. The van der Waals surface area contributed by atoms with E-state index in [2.05, 4.69) is 29.2 Å². The maximum atomic E-state index is 12.3. The lowest BCUT2D eigenvalue weighted by molar-refractivity contribution is -0.0379. The quantitative estimate of drug-likeness (QED) is 0.804. The molecule has 2 unspecified atom stereocenters. The van der Waals surface area contributed by atoms with Crippen molar-refractivity contribution < 1.29 is 14.6 Å². The van der Waals surface area contributed by atoms with E-state index in [0.717, 1.165) is 19.5 Å². The van der Waals surface area contributed by atoms with Gasteiger partial charge in [-0.05, 0) is 82.5 Å². The number of carbonyl (C=O) groups is 1. The van der Waals surface area contributed by atoms with Crippen molar-refractivity contribution in [1.82, 2.24) is 9.80 Å². The number of nitrogens with zero attached hydrogens (tertiary/aromatic N) is 2. The van der Waals surface area contributed by atoms with Crippen molar-refractivity contribution in [2.75, 3.05) is 26.2 Å². The van der Waals surface area contributed by atoms with E-state index in [4.69, 9.17) is 4.74 Å². The fraction of sp³-hybridized carbons (Fsp3) is 0.696. The number of aryl methyl sites for hydroxylation is 1. The number of amides is 1. The van der Waals surface area contributed by atoms with Crippen LogP contribution in [0.25, 0.3) is 0 Å². The molecule has 1 aliphatic carbocycles. The third kappa shape index (κ3) is 3.79. The molecule has 2 aliphatic heterocycles. The van der Waals surface area contributed by atoms with Crippen molar-refractivity contribution in [3.8, 4) is 0 Å². The highest BCUT2D eigenvalue weighted by Gasteiger charge is 2.44. The zero-order valence-corrected chi connectivity index (χ0v) is 17.5. The molecule has 2 fully saturated rings. The number of hydrogen-bond acceptors (Lipinski definition) is 4. The van der Waals surface area contributed by atoms with Crippen LogP contribution in [0.4, 0.5) is 4.79 Å². The van der Waals surface area contributed by atoms with Gasteiger partial charge < -0.3 is 14.7 Å². The third-order valence-corrected chi connectivity index (χ3v) is 6.88. The summed E-state index contributed by atoms with van der Waals surface area (Å²) in [6.07, 6.45) is 4.79. The SMILES string of the molecule is CC(C)(C)OC(=O)N1CCC(N2CCC3(CCc4ccccc43)CC2)C(O)C1. The third-order valence-electron chi connectivity index (χ3n) is 6.88. The molecule has 1 aromatic carbocycles. The van der Waals surface area contributed by atoms with Crippen LogP contribution >= 0.6 is 0 Å². The van der Waals surface area contributed by atoms with Crippen LogP contribution in [0.15, 0.2) is 24.3 Å². The Kier molecular flexibility index (Phi) is 5.17. The lowest BCUT2D eigenvalue weighted by Gasteiger charge is -2.47. The van der Waals surface area contributed by atoms with Crippen molar-refractivity contribution in [1.29, 1.82) is 0 Å². The zero-order valence-electron chi connectivity index (χ0n) is 17.5. The van der Waals surface area contributed by atoms with Gasteiger partial charge in [0.25, 0.3) is 0 Å². The minimum Gasteiger partial charge on any atom is -0.444 e. The summed E-state index contributed by atoms with van der Waals surface area (Å²) in [6.45, 7) is 8.70. The number of β-amino-alcohol motifs (C(OH)–C–C–N with tert-alkyl or cyclic N) is 1. The van der Waals surface area contributed by atoms with Crippen LogP contribution in [0.3, 0.4) is 0 Å². The van der Waals surface area contributed by atoms with Gasteiger partial charge in [0.05, 0.1) is 12.6 Å². The number of aliphatic hydroxyl groups excluding tert-OH is 1. The van der Waals surface area contributed by atoms with Gasteiger partial charge in [-0.3, -0.25) is 4.90 Å². The average molecular weight is 387 g/mol. The number of benzene rings is 1. The molecule has 1 N–H and O–H groups in total. The van der Waals surface area contributed by atoms with E-state index in [0.29, 0.717) is 18.5 Å². The smallest absolute Gasteiger partial charge is 0.410 e. The Balaban J connectivity index is 1.34. The van der Waals surface area contributed by atoms with Crippen LogP contribution in [0.2, 0.25) is 0 Å². The Morgan fingerprint density at radius 3 is 2.54 bits per heavy atom. The van der Waals surface area contributed by atoms with Crippen molar-refractivity contribution in [2.24, 2.45) is 0 Å². The molecule has 28 heavy (non-hydrogen) atoms. The number of piperidine rings is 2. The molecular formula is C23H34N2O3. The fourth-order valence-electron chi connectivity index (χ4n) is 5.40. The Hall–Kier alpha value is -1.59. The molecule has 154 valence electrons. The van der Waals surface area contributed by atoms with Crippen LogP contribution in [-0.2, 0) is 16.6 Å². The second-order valence-electron chi connectivity index (χ2n) is 9.82. The molecule has 0 radical (unpaired) electrons. The molecule has 5 nitrogen and oxygen atoms in total. The fourth-order valence-corrected chi connectivity index (χ4v) is 5.40. The summed E-state index contributed by atoms with van der Waals surface area (Å²) in [5, 5.41) is 10.8. The molecule has 1 spiro atoms. The van der Waals surface area contributed by atoms with Crippen molar-refractivity contribution >= 4 is 6.09 Å². The summed E-state index contributed by atoms with van der Waals surface area (Å²) >= 11 is 0. The van der Waals surface area contributed by atoms with Crippen molar-refractivity contribution in [2.45, 2.75) is 76.0 Å². The Morgan fingerprint density at radius 1 is 1.14 bits per heavy atom. The van der Waals surface area contributed by atoms with Gasteiger partial charge >= 0.3 is 6.09 Å². The monoisotopic (exact) mass is 386 g/mol. The van der Waals surface area contributed by atoms with E-state index in [1.54, 1.807) is 10.5 Å². The molecule has 2 atom stereocenters. The maximum Gasteiger partial charge on any atom is 0.410 e. The van der Waals surface area contributed by atoms with Gasteiger partial charge in [0.15, 0.2) is 0 Å². The molecule has 2 heterocycles. The number of ether oxygens (including phenoxy) is 1. The molecule has 4 rings (SSSR count). The first-order chi connectivity index (χ1) is 13.3. The van der Waals surface area contributed by atoms with Crippen LogP contribution in [0.5, 0.6) is 0 Å². The van der Waals surface area contributed by atoms with Crippen LogP contribution in [0.1, 0.15) is 57.6 Å². The number of fused-ring (bicyclic) bond motifs is 2. The lowest BCUT2D eigenvalue weighted by atomic mass is 9.73. The first-order valence-corrected chi connectivity index (χ1v) is 10.8. The van der Waals surface area contributed by atoms with Gasteiger partial charge in [-0.1, -0.05) is 24.3 Å². The minimum atomic E-state index is -0.508. The van der Waals surface area contributed by atoms with Crippen LogP contribution < -0.4 is 0 Å². The van der Waals surface area contributed by atoms with E-state index in [9.17, 15) is 9.90 Å². The molecule has 0 saturated carbocycles.